The van der Waals surface area contributed by atoms with Gasteiger partial charge in [0, 0.05) is 0 Å². The quantitative estimate of drug-likeness (QED) is 0.541. The van der Waals surface area contributed by atoms with Gasteiger partial charge in [0.2, 0.25) is 0 Å². The van der Waals surface area contributed by atoms with Crippen molar-refractivity contribution in [2.45, 2.75) is 41.0 Å². The Morgan fingerprint density at radius 1 is 1.33 bits per heavy atom. The summed E-state index contributed by atoms with van der Waals surface area (Å²) in [6.45, 7) is 14.1. The van der Waals surface area contributed by atoms with Crippen molar-refractivity contribution in [2.75, 3.05) is 0 Å². The van der Waals surface area contributed by atoms with Crippen molar-refractivity contribution in [1.29, 1.82) is 0 Å². The maximum atomic E-state index is 3.88. The molecule has 0 heterocycles. The first-order chi connectivity index (χ1) is 5.72. The van der Waals surface area contributed by atoms with Crippen molar-refractivity contribution in [3.05, 3.63) is 36.0 Å². The van der Waals surface area contributed by atoms with E-state index in [1.807, 2.05) is 39.8 Å². The topological polar surface area (TPSA) is 0 Å². The molecule has 0 bridgehead atoms. The van der Waals surface area contributed by atoms with Crippen molar-refractivity contribution in [2.24, 2.45) is 0 Å². The van der Waals surface area contributed by atoms with Gasteiger partial charge in [-0.05, 0) is 25.8 Å². The van der Waals surface area contributed by atoms with Crippen LogP contribution in [0, 0.1) is 0 Å². The molecule has 12 heavy (non-hydrogen) atoms. The maximum Gasteiger partial charge on any atom is -0.0305 e. The lowest BCUT2D eigenvalue weighted by Gasteiger charge is -1.99. The molecule has 0 aromatic carbocycles. The van der Waals surface area contributed by atoms with Crippen LogP contribution in [-0.4, -0.2) is 0 Å². The number of hydrogen-bond acceptors (Lipinski definition) is 0. The van der Waals surface area contributed by atoms with E-state index in [-0.39, 0.29) is 0 Å². The summed E-state index contributed by atoms with van der Waals surface area (Å²) < 4.78 is 0. The Labute approximate surface area is 77.7 Å². The SMILES string of the molecule is C=C(C)/C(=C/C=C\C)CC.CC. The molecule has 0 aromatic rings. The highest BCUT2D eigenvalue weighted by atomic mass is 14.0. The molecule has 0 aliphatic heterocycles. The lowest BCUT2D eigenvalue weighted by Crippen LogP contribution is -1.79. The molecule has 0 aliphatic carbocycles. The Morgan fingerprint density at radius 2 is 1.83 bits per heavy atom. The zero-order valence-corrected chi connectivity index (χ0v) is 9.15. The van der Waals surface area contributed by atoms with Gasteiger partial charge in [-0.25, -0.2) is 0 Å². The summed E-state index contributed by atoms with van der Waals surface area (Å²) in [6.07, 6.45) is 7.26. The van der Waals surface area contributed by atoms with Crippen molar-refractivity contribution in [3.8, 4) is 0 Å². The van der Waals surface area contributed by atoms with Gasteiger partial charge in [-0.15, -0.1) is 0 Å². The molecule has 0 unspecified atom stereocenters. The maximum absolute atomic E-state index is 3.88. The Bertz CT molecular complexity index is 159. The molecule has 0 heteroatoms. The standard InChI is InChI=1S/C10H16.C2H6/c1-5-7-8-10(6-2)9(3)4;1-2/h5,7-8H,3,6H2,1-2,4H3;1-2H3/b7-5-,10-8+;. The summed E-state index contributed by atoms with van der Waals surface area (Å²) in [4.78, 5) is 0. The van der Waals surface area contributed by atoms with Crippen molar-refractivity contribution >= 4 is 0 Å². The van der Waals surface area contributed by atoms with Crippen LogP contribution in [0.4, 0.5) is 0 Å². The summed E-state index contributed by atoms with van der Waals surface area (Å²) in [6, 6.07) is 0. The molecule has 0 amide bonds. The van der Waals surface area contributed by atoms with E-state index in [0.717, 1.165) is 6.42 Å². The van der Waals surface area contributed by atoms with E-state index in [1.54, 1.807) is 0 Å². The van der Waals surface area contributed by atoms with E-state index >= 15 is 0 Å². The monoisotopic (exact) mass is 166 g/mol. The van der Waals surface area contributed by atoms with Gasteiger partial charge < -0.3 is 0 Å². The third kappa shape index (κ3) is 7.33. The average molecular weight is 166 g/mol. The Morgan fingerprint density at radius 3 is 2.08 bits per heavy atom. The van der Waals surface area contributed by atoms with Gasteiger partial charge in [0.25, 0.3) is 0 Å². The van der Waals surface area contributed by atoms with Crippen LogP contribution in [-0.2, 0) is 0 Å². The highest BCUT2D eigenvalue weighted by Gasteiger charge is 1.89. The Kier molecular flexibility index (Phi) is 11.7. The van der Waals surface area contributed by atoms with Crippen LogP contribution in [0.3, 0.4) is 0 Å². The molecular weight excluding hydrogens is 144 g/mol. The minimum atomic E-state index is 1.07. The van der Waals surface area contributed by atoms with Crippen LogP contribution in [0.2, 0.25) is 0 Å². The van der Waals surface area contributed by atoms with Crippen LogP contribution in [0.1, 0.15) is 41.0 Å². The molecule has 0 aromatic heterocycles. The smallest absolute Gasteiger partial charge is 0.0305 e. The molecule has 0 aliphatic rings. The molecule has 0 atom stereocenters. The van der Waals surface area contributed by atoms with Crippen molar-refractivity contribution in [1.82, 2.24) is 0 Å². The van der Waals surface area contributed by atoms with E-state index in [4.69, 9.17) is 0 Å². The average Bonchev–Trinajstić information content (AvgIpc) is 2.09. The van der Waals surface area contributed by atoms with Gasteiger partial charge in [0.1, 0.15) is 0 Å². The summed E-state index contributed by atoms with van der Waals surface area (Å²) in [5.41, 5.74) is 2.50. The first-order valence-electron chi connectivity index (χ1n) is 4.70. The predicted molar refractivity (Wildman–Crippen MR) is 59.4 cm³/mol. The largest absolute Gasteiger partial charge is 0.0958 e. The predicted octanol–water partition coefficient (Wildman–Crippen LogP) is 4.50. The fourth-order valence-corrected chi connectivity index (χ4v) is 0.774. The van der Waals surface area contributed by atoms with E-state index in [9.17, 15) is 0 Å². The van der Waals surface area contributed by atoms with Gasteiger partial charge in [-0.2, -0.15) is 0 Å². The normalized spacial score (nSPS) is 10.9. The second kappa shape index (κ2) is 10.2. The Hall–Kier alpha value is -0.780. The molecular formula is C12H22. The minimum Gasteiger partial charge on any atom is -0.0958 e. The van der Waals surface area contributed by atoms with Crippen molar-refractivity contribution < 1.29 is 0 Å². The molecule has 70 valence electrons. The van der Waals surface area contributed by atoms with Gasteiger partial charge >= 0.3 is 0 Å². The first-order valence-corrected chi connectivity index (χ1v) is 4.70. The summed E-state index contributed by atoms with van der Waals surface area (Å²) in [5, 5.41) is 0. The molecule has 0 nitrogen and oxygen atoms in total. The van der Waals surface area contributed by atoms with E-state index in [2.05, 4.69) is 19.6 Å². The van der Waals surface area contributed by atoms with Crippen LogP contribution in [0.15, 0.2) is 36.0 Å². The van der Waals surface area contributed by atoms with Gasteiger partial charge in [0.15, 0.2) is 0 Å². The fourth-order valence-electron chi connectivity index (χ4n) is 0.774. The third-order valence-electron chi connectivity index (χ3n) is 1.42. The van der Waals surface area contributed by atoms with Gasteiger partial charge in [-0.3, -0.25) is 0 Å². The first kappa shape index (κ1) is 13.8. The van der Waals surface area contributed by atoms with Gasteiger partial charge in [-0.1, -0.05) is 51.2 Å². The number of hydrogen-bond donors (Lipinski definition) is 0. The van der Waals surface area contributed by atoms with E-state index in [1.165, 1.54) is 11.1 Å². The second-order valence-corrected chi connectivity index (χ2v) is 2.35. The molecule has 0 N–H and O–H groups in total. The Balaban J connectivity index is 0. The zero-order chi connectivity index (χ0) is 9.98. The van der Waals surface area contributed by atoms with Crippen LogP contribution in [0.25, 0.3) is 0 Å². The summed E-state index contributed by atoms with van der Waals surface area (Å²) >= 11 is 0. The van der Waals surface area contributed by atoms with E-state index < -0.39 is 0 Å². The molecule has 0 spiro atoms. The third-order valence-corrected chi connectivity index (χ3v) is 1.42. The molecule has 0 saturated carbocycles. The molecule has 0 rings (SSSR count). The fraction of sp³-hybridized carbons (Fsp3) is 0.500. The lowest BCUT2D eigenvalue weighted by molar-refractivity contribution is 1.11. The van der Waals surface area contributed by atoms with Crippen LogP contribution in [0.5, 0.6) is 0 Å². The minimum absolute atomic E-state index is 1.07. The molecule has 0 radical (unpaired) electrons. The summed E-state index contributed by atoms with van der Waals surface area (Å²) in [7, 11) is 0. The van der Waals surface area contributed by atoms with Crippen LogP contribution >= 0.6 is 0 Å². The number of allylic oxidation sites excluding steroid dienone is 5. The van der Waals surface area contributed by atoms with Crippen LogP contribution < -0.4 is 0 Å². The highest BCUT2D eigenvalue weighted by molar-refractivity contribution is 5.29. The lowest BCUT2D eigenvalue weighted by atomic mass is 10.1. The molecule has 0 saturated heterocycles. The zero-order valence-electron chi connectivity index (χ0n) is 9.15. The molecule has 0 fully saturated rings. The van der Waals surface area contributed by atoms with E-state index in [0.29, 0.717) is 0 Å². The van der Waals surface area contributed by atoms with Gasteiger partial charge in [0.05, 0.1) is 0 Å². The second-order valence-electron chi connectivity index (χ2n) is 2.35. The highest BCUT2D eigenvalue weighted by Crippen LogP contribution is 2.10. The number of rotatable bonds is 3. The summed E-state index contributed by atoms with van der Waals surface area (Å²) in [5.74, 6) is 0. The van der Waals surface area contributed by atoms with Crippen molar-refractivity contribution in [3.63, 3.8) is 0 Å².